The van der Waals surface area contributed by atoms with E-state index in [9.17, 15) is 9.59 Å². The number of aromatic amines is 1. The minimum absolute atomic E-state index is 0.0555. The number of halogens is 1. The fraction of sp³-hybridized carbons (Fsp3) is 0.480. The van der Waals surface area contributed by atoms with Crippen LogP contribution in [-0.2, 0) is 24.1 Å². The van der Waals surface area contributed by atoms with Crippen LogP contribution in [0.25, 0.3) is 10.2 Å². The number of H-pyrrole nitrogens is 1. The molecule has 174 valence electrons. The largest absolute Gasteiger partial charge is 0.368 e. The summed E-state index contributed by atoms with van der Waals surface area (Å²) < 4.78 is 0. The van der Waals surface area contributed by atoms with Gasteiger partial charge in [0.15, 0.2) is 0 Å². The van der Waals surface area contributed by atoms with Gasteiger partial charge in [0.1, 0.15) is 10.7 Å². The van der Waals surface area contributed by atoms with E-state index in [1.165, 1.54) is 16.0 Å². The molecule has 1 amide bonds. The molecule has 0 radical (unpaired) electrons. The Labute approximate surface area is 202 Å². The van der Waals surface area contributed by atoms with E-state index in [1.54, 1.807) is 11.3 Å². The Morgan fingerprint density at radius 1 is 1.27 bits per heavy atom. The number of nitrogens with zero attached hydrogens (tertiary/aromatic N) is 3. The van der Waals surface area contributed by atoms with Crippen LogP contribution < -0.4 is 10.5 Å². The molecule has 1 N–H and O–H groups in total. The van der Waals surface area contributed by atoms with Crippen molar-refractivity contribution in [2.24, 2.45) is 5.92 Å². The summed E-state index contributed by atoms with van der Waals surface area (Å²) in [5.74, 6) is 1.38. The number of aromatic nitrogens is 2. The molecule has 3 aromatic rings. The average molecular weight is 485 g/mol. The minimum atomic E-state index is -0.0555. The first-order chi connectivity index (χ1) is 15.9. The van der Waals surface area contributed by atoms with E-state index in [1.807, 2.05) is 23.1 Å². The number of benzene rings is 1. The maximum Gasteiger partial charge on any atom is 0.259 e. The molecule has 3 heterocycles. The summed E-state index contributed by atoms with van der Waals surface area (Å²) in [6.07, 6.45) is 3.92. The van der Waals surface area contributed by atoms with Crippen LogP contribution in [0.1, 0.15) is 41.6 Å². The summed E-state index contributed by atoms with van der Waals surface area (Å²) in [4.78, 5) is 39.6. The van der Waals surface area contributed by atoms with Gasteiger partial charge in [-0.15, -0.1) is 11.3 Å². The maximum absolute atomic E-state index is 12.8. The fourth-order valence-corrected chi connectivity index (χ4v) is 6.58. The lowest BCUT2D eigenvalue weighted by Gasteiger charge is -2.37. The fourth-order valence-electron chi connectivity index (χ4n) is 5.02. The number of thiophene rings is 1. The molecular weight excluding hydrogens is 456 g/mol. The van der Waals surface area contributed by atoms with Crippen molar-refractivity contribution >= 4 is 44.7 Å². The normalized spacial score (nSPS) is 18.6. The molecule has 0 unspecified atom stereocenters. The highest BCUT2D eigenvalue weighted by molar-refractivity contribution is 7.18. The van der Waals surface area contributed by atoms with Crippen molar-refractivity contribution in [2.75, 3.05) is 31.1 Å². The van der Waals surface area contributed by atoms with Gasteiger partial charge in [-0.05, 0) is 55.4 Å². The Balaban J connectivity index is 1.22. The number of amides is 1. The molecule has 0 spiro atoms. The van der Waals surface area contributed by atoms with Gasteiger partial charge in [0.2, 0.25) is 5.91 Å². The van der Waals surface area contributed by atoms with E-state index in [4.69, 9.17) is 16.6 Å². The van der Waals surface area contributed by atoms with Gasteiger partial charge in [-0.2, -0.15) is 0 Å². The summed E-state index contributed by atoms with van der Waals surface area (Å²) >= 11 is 7.83. The van der Waals surface area contributed by atoms with Gasteiger partial charge in [0, 0.05) is 54.6 Å². The van der Waals surface area contributed by atoms with E-state index in [0.29, 0.717) is 37.7 Å². The summed E-state index contributed by atoms with van der Waals surface area (Å²) in [5.41, 5.74) is 3.46. The molecule has 1 aromatic carbocycles. The quantitative estimate of drug-likeness (QED) is 0.597. The average Bonchev–Trinajstić information content (AvgIpc) is 3.17. The first kappa shape index (κ1) is 22.4. The number of carbonyl (C=O) groups is 1. The van der Waals surface area contributed by atoms with Crippen molar-refractivity contribution in [1.82, 2.24) is 14.9 Å². The molecule has 2 aromatic heterocycles. The molecule has 1 saturated heterocycles. The zero-order valence-corrected chi connectivity index (χ0v) is 20.7. The predicted molar refractivity (Wildman–Crippen MR) is 135 cm³/mol. The van der Waals surface area contributed by atoms with Crippen molar-refractivity contribution in [3.05, 3.63) is 55.4 Å². The topological polar surface area (TPSA) is 69.3 Å². The van der Waals surface area contributed by atoms with Crippen LogP contribution in [0.15, 0.2) is 23.0 Å². The number of fused-ring (bicyclic) bond motifs is 3. The molecule has 33 heavy (non-hydrogen) atoms. The first-order valence-electron chi connectivity index (χ1n) is 11.7. The number of hydrogen-bond acceptors (Lipinski definition) is 5. The van der Waals surface area contributed by atoms with Gasteiger partial charge < -0.3 is 14.8 Å². The Hall–Kier alpha value is -2.38. The zero-order chi connectivity index (χ0) is 23.1. The van der Waals surface area contributed by atoms with Crippen molar-refractivity contribution in [3.63, 3.8) is 0 Å². The second-order valence-electron chi connectivity index (χ2n) is 9.34. The Bertz CT molecular complexity index is 1260. The van der Waals surface area contributed by atoms with Gasteiger partial charge in [0.25, 0.3) is 5.56 Å². The van der Waals surface area contributed by atoms with Crippen molar-refractivity contribution in [3.8, 4) is 0 Å². The molecule has 6 nitrogen and oxygen atoms in total. The maximum atomic E-state index is 12.8. The lowest BCUT2D eigenvalue weighted by Crippen LogP contribution is -2.49. The smallest absolute Gasteiger partial charge is 0.259 e. The first-order valence-corrected chi connectivity index (χ1v) is 12.9. The van der Waals surface area contributed by atoms with Crippen LogP contribution >= 0.6 is 22.9 Å². The molecule has 2 aliphatic rings. The highest BCUT2D eigenvalue weighted by atomic mass is 35.5. The summed E-state index contributed by atoms with van der Waals surface area (Å²) in [6.45, 7) is 7.28. The number of nitrogens with one attached hydrogen (secondary N) is 1. The molecule has 5 rings (SSSR count). The van der Waals surface area contributed by atoms with E-state index >= 15 is 0 Å². The zero-order valence-electron chi connectivity index (χ0n) is 19.1. The van der Waals surface area contributed by atoms with Gasteiger partial charge in [0.05, 0.1) is 5.39 Å². The lowest BCUT2D eigenvalue weighted by molar-refractivity contribution is -0.131. The molecule has 8 heteroatoms. The Morgan fingerprint density at radius 3 is 2.85 bits per heavy atom. The highest BCUT2D eigenvalue weighted by Gasteiger charge is 2.24. The molecule has 1 aliphatic carbocycles. The summed E-state index contributed by atoms with van der Waals surface area (Å²) in [7, 11) is 0. The second-order valence-corrected chi connectivity index (χ2v) is 10.9. The van der Waals surface area contributed by atoms with Gasteiger partial charge >= 0.3 is 0 Å². The van der Waals surface area contributed by atoms with E-state index in [0.717, 1.165) is 53.3 Å². The lowest BCUT2D eigenvalue weighted by atomic mass is 9.89. The molecule has 1 fully saturated rings. The highest BCUT2D eigenvalue weighted by Crippen LogP contribution is 2.35. The molecule has 0 bridgehead atoms. The van der Waals surface area contributed by atoms with Gasteiger partial charge in [-0.1, -0.05) is 24.6 Å². The van der Waals surface area contributed by atoms with E-state index in [2.05, 4.69) is 23.7 Å². The molecule has 0 saturated carbocycles. The number of carbonyl (C=O) groups excluding carboxylic acids is 1. The standard InChI is InChI=1S/C25H29ClN4O2S/c1-15-3-6-18-20(13-15)33-25-23(18)24(32)27-21(28-25)7-8-22(31)30-11-9-29(10-12-30)19-14-17(26)5-4-16(19)2/h4-5,14-15H,3,6-13H2,1-2H3,(H,27,28,32)/t15-/m0/s1. The second kappa shape index (κ2) is 9.11. The van der Waals surface area contributed by atoms with Crippen LogP contribution in [-0.4, -0.2) is 47.0 Å². The number of rotatable bonds is 4. The summed E-state index contributed by atoms with van der Waals surface area (Å²) in [6, 6.07) is 5.93. The molecule has 1 aliphatic heterocycles. The van der Waals surface area contributed by atoms with E-state index < -0.39 is 0 Å². The SMILES string of the molecule is Cc1ccc(Cl)cc1N1CCN(C(=O)CCc2nc3sc4c(c3c(=O)[nH]2)CC[C@H](C)C4)CC1. The van der Waals surface area contributed by atoms with Gasteiger partial charge in [-0.3, -0.25) is 9.59 Å². The minimum Gasteiger partial charge on any atom is -0.368 e. The molecular formula is C25H29ClN4O2S. The molecule has 1 atom stereocenters. The number of aryl methyl sites for hydroxylation is 3. The van der Waals surface area contributed by atoms with Crippen LogP contribution in [0.2, 0.25) is 5.02 Å². The third-order valence-corrected chi connectivity index (χ3v) is 8.32. The van der Waals surface area contributed by atoms with Crippen LogP contribution in [0.5, 0.6) is 0 Å². The number of hydrogen-bond donors (Lipinski definition) is 1. The van der Waals surface area contributed by atoms with Crippen molar-refractivity contribution in [2.45, 2.75) is 46.0 Å². The monoisotopic (exact) mass is 484 g/mol. The predicted octanol–water partition coefficient (Wildman–Crippen LogP) is 4.35. The van der Waals surface area contributed by atoms with Crippen molar-refractivity contribution in [1.29, 1.82) is 0 Å². The Kier molecular flexibility index (Phi) is 6.18. The number of anilines is 1. The van der Waals surface area contributed by atoms with Crippen LogP contribution in [0.4, 0.5) is 5.69 Å². The van der Waals surface area contributed by atoms with Gasteiger partial charge in [-0.25, -0.2) is 4.98 Å². The third-order valence-electron chi connectivity index (χ3n) is 6.93. The third kappa shape index (κ3) is 4.53. The van der Waals surface area contributed by atoms with Crippen LogP contribution in [0.3, 0.4) is 0 Å². The summed E-state index contributed by atoms with van der Waals surface area (Å²) in [5, 5.41) is 1.50. The Morgan fingerprint density at radius 2 is 2.06 bits per heavy atom. The van der Waals surface area contributed by atoms with Crippen molar-refractivity contribution < 1.29 is 4.79 Å². The van der Waals surface area contributed by atoms with E-state index in [-0.39, 0.29) is 11.5 Å². The van der Waals surface area contributed by atoms with Crippen LogP contribution in [0, 0.1) is 12.8 Å². The number of piperazine rings is 1.